The van der Waals surface area contributed by atoms with Crippen LogP contribution in [0.15, 0.2) is 35.9 Å². The molecule has 2 aromatic rings. The summed E-state index contributed by atoms with van der Waals surface area (Å²) in [4.78, 5) is 28.5. The van der Waals surface area contributed by atoms with E-state index in [4.69, 9.17) is 18.9 Å². The number of benzene rings is 1. The number of hydrogen-bond donors (Lipinski definition) is 2. The number of ether oxygens (including phenoxy) is 4. The van der Waals surface area contributed by atoms with Crippen molar-refractivity contribution in [2.75, 3.05) is 13.2 Å². The van der Waals surface area contributed by atoms with E-state index < -0.39 is 40.0 Å². The number of nitrogens with one attached hydrogen (secondary N) is 1. The molecule has 3 fully saturated rings. The zero-order chi connectivity index (χ0) is 27.6. The molecule has 5 aliphatic rings. The average molecular weight is 536 g/mol. The zero-order valence-electron chi connectivity index (χ0n) is 23.3. The molecule has 3 heterocycles. The third-order valence-corrected chi connectivity index (χ3v) is 10.9. The maximum Gasteiger partial charge on any atom is 0.302 e. The lowest BCUT2D eigenvalue weighted by Crippen LogP contribution is -2.74. The first-order chi connectivity index (χ1) is 18.4. The number of aromatic nitrogens is 1. The summed E-state index contributed by atoms with van der Waals surface area (Å²) in [5, 5.41) is 14.4. The molecule has 1 saturated heterocycles. The first-order valence-corrected chi connectivity index (χ1v) is 14.1. The lowest BCUT2D eigenvalue weighted by molar-refractivity contribution is -0.281. The molecule has 208 valence electrons. The van der Waals surface area contributed by atoms with E-state index in [1.807, 2.05) is 19.9 Å². The molecule has 0 radical (unpaired) electrons. The molecular formula is C31H37NO7. The Morgan fingerprint density at radius 2 is 1.92 bits per heavy atom. The van der Waals surface area contributed by atoms with E-state index in [-0.39, 0.29) is 30.9 Å². The molecule has 8 nitrogen and oxygen atoms in total. The monoisotopic (exact) mass is 535 g/mol. The fourth-order valence-corrected chi connectivity index (χ4v) is 8.96. The topological polar surface area (TPSA) is 107 Å². The van der Waals surface area contributed by atoms with Crippen molar-refractivity contribution in [3.05, 3.63) is 47.2 Å². The van der Waals surface area contributed by atoms with Gasteiger partial charge in [0.25, 0.3) is 0 Å². The van der Waals surface area contributed by atoms with Gasteiger partial charge in [-0.25, -0.2) is 0 Å². The molecule has 0 amide bonds. The van der Waals surface area contributed by atoms with Crippen LogP contribution >= 0.6 is 0 Å². The van der Waals surface area contributed by atoms with Crippen molar-refractivity contribution in [1.82, 2.24) is 4.98 Å². The zero-order valence-corrected chi connectivity index (χ0v) is 23.3. The molecule has 2 N–H and O–H groups in total. The van der Waals surface area contributed by atoms with E-state index in [1.165, 1.54) is 17.9 Å². The number of ketones is 1. The summed E-state index contributed by atoms with van der Waals surface area (Å²) in [6, 6.07) is 8.36. The minimum Gasteiger partial charge on any atom is -0.463 e. The second-order valence-corrected chi connectivity index (χ2v) is 13.1. The highest BCUT2D eigenvalue weighted by Gasteiger charge is 2.78. The maximum atomic E-state index is 13.4. The predicted molar refractivity (Wildman–Crippen MR) is 142 cm³/mol. The Bertz CT molecular complexity index is 1440. The smallest absolute Gasteiger partial charge is 0.302 e. The van der Waals surface area contributed by atoms with Crippen LogP contribution < -0.4 is 0 Å². The summed E-state index contributed by atoms with van der Waals surface area (Å²) in [6.45, 7) is 9.76. The van der Waals surface area contributed by atoms with Gasteiger partial charge in [0.15, 0.2) is 17.7 Å². The molecule has 1 spiro atoms. The van der Waals surface area contributed by atoms with Gasteiger partial charge in [-0.3, -0.25) is 9.59 Å². The molecule has 1 aromatic carbocycles. The number of aromatic amines is 1. The third kappa shape index (κ3) is 2.98. The van der Waals surface area contributed by atoms with E-state index in [1.54, 1.807) is 6.08 Å². The van der Waals surface area contributed by atoms with E-state index in [0.29, 0.717) is 24.8 Å². The number of aliphatic hydroxyl groups is 1. The van der Waals surface area contributed by atoms with Gasteiger partial charge in [0.1, 0.15) is 17.8 Å². The standard InChI is InChI=1S/C31H37NO7/c1-17(33)36-12-13-37-24-15-18-14-20-19-8-6-7-9-21(19)32-25(20)29(18,5)28(4)10-11-30-23(31(24,28)35)16-22(34)26(38-30)27(2,3)39-30/h6-9,16,18,24,26,32,35H,10-15H2,1-5H3/t18-,24+,26+,28-,29-,30?,31+/m1/s1. The molecular weight excluding hydrogens is 498 g/mol. The molecule has 2 aliphatic heterocycles. The number of carbonyl (C=O) groups is 2. The number of hydrogen-bond acceptors (Lipinski definition) is 7. The van der Waals surface area contributed by atoms with Crippen molar-refractivity contribution in [2.24, 2.45) is 11.3 Å². The highest BCUT2D eigenvalue weighted by molar-refractivity contribution is 5.97. The van der Waals surface area contributed by atoms with Crippen LogP contribution in [0.4, 0.5) is 0 Å². The first-order valence-electron chi connectivity index (χ1n) is 14.1. The van der Waals surface area contributed by atoms with Crippen molar-refractivity contribution < 1.29 is 33.6 Å². The number of para-hydroxylation sites is 1. The lowest BCUT2D eigenvalue weighted by atomic mass is 9.41. The number of esters is 1. The molecule has 1 aromatic heterocycles. The summed E-state index contributed by atoms with van der Waals surface area (Å²) in [5.74, 6) is -1.54. The molecule has 39 heavy (non-hydrogen) atoms. The normalized spacial score (nSPS) is 41.4. The number of H-pyrrole nitrogens is 1. The largest absolute Gasteiger partial charge is 0.463 e. The predicted octanol–water partition coefficient (Wildman–Crippen LogP) is 3.88. The van der Waals surface area contributed by atoms with Crippen molar-refractivity contribution in [1.29, 1.82) is 0 Å². The molecule has 7 atom stereocenters. The quantitative estimate of drug-likeness (QED) is 0.452. The van der Waals surface area contributed by atoms with Crippen LogP contribution in [-0.4, -0.2) is 64.3 Å². The Kier molecular flexibility index (Phi) is 5.10. The molecule has 2 bridgehead atoms. The van der Waals surface area contributed by atoms with Crippen molar-refractivity contribution in [2.45, 2.75) is 94.9 Å². The van der Waals surface area contributed by atoms with Crippen LogP contribution in [0.3, 0.4) is 0 Å². The Morgan fingerprint density at radius 3 is 2.69 bits per heavy atom. The van der Waals surface area contributed by atoms with Crippen LogP contribution in [-0.2, 0) is 40.4 Å². The average Bonchev–Trinajstić information content (AvgIpc) is 3.46. The van der Waals surface area contributed by atoms with Gasteiger partial charge in [-0.05, 0) is 56.7 Å². The van der Waals surface area contributed by atoms with Gasteiger partial charge in [0.05, 0.1) is 12.7 Å². The van der Waals surface area contributed by atoms with E-state index >= 15 is 0 Å². The summed E-state index contributed by atoms with van der Waals surface area (Å²) < 4.78 is 24.5. The number of fused-ring (bicyclic) bond motifs is 9. The minimum atomic E-state index is -1.56. The summed E-state index contributed by atoms with van der Waals surface area (Å²) in [5.41, 5.74) is 0.505. The highest BCUT2D eigenvalue weighted by atomic mass is 16.8. The van der Waals surface area contributed by atoms with Crippen molar-refractivity contribution in [3.63, 3.8) is 0 Å². The van der Waals surface area contributed by atoms with Gasteiger partial charge >= 0.3 is 5.97 Å². The Hall–Kier alpha value is -2.52. The van der Waals surface area contributed by atoms with Crippen molar-refractivity contribution in [3.8, 4) is 0 Å². The summed E-state index contributed by atoms with van der Waals surface area (Å²) in [6.07, 6.45) is 2.83. The Balaban J connectivity index is 1.39. The fraction of sp³-hybridized carbons (Fsp3) is 0.613. The van der Waals surface area contributed by atoms with Gasteiger partial charge in [-0.2, -0.15) is 0 Å². The maximum absolute atomic E-state index is 13.4. The fourth-order valence-electron chi connectivity index (χ4n) is 8.96. The number of carbonyl (C=O) groups excluding carboxylic acids is 2. The second-order valence-electron chi connectivity index (χ2n) is 13.1. The van der Waals surface area contributed by atoms with Crippen molar-refractivity contribution >= 4 is 22.7 Å². The minimum absolute atomic E-state index is 0.0927. The molecule has 1 unspecified atom stereocenters. The number of rotatable bonds is 4. The van der Waals surface area contributed by atoms with Gasteiger partial charge in [-0.1, -0.05) is 32.0 Å². The lowest BCUT2D eigenvalue weighted by Gasteiger charge is -2.67. The SMILES string of the molecule is CC(=O)OCCO[C@H]1C[C@H]2Cc3c([nH]c4ccccc34)[C@]2(C)[C@@]2(C)CCC34O[C@@H](C(=O)C=C3[C@]12O)C(C)(C)O4. The van der Waals surface area contributed by atoms with Gasteiger partial charge in [0.2, 0.25) is 0 Å². The van der Waals surface area contributed by atoms with Gasteiger partial charge in [0, 0.05) is 46.3 Å². The van der Waals surface area contributed by atoms with E-state index in [0.717, 1.165) is 17.6 Å². The molecule has 3 aliphatic carbocycles. The first kappa shape index (κ1) is 25.4. The van der Waals surface area contributed by atoms with Crippen LogP contribution in [0.25, 0.3) is 10.9 Å². The Morgan fingerprint density at radius 1 is 1.15 bits per heavy atom. The van der Waals surface area contributed by atoms with Crippen LogP contribution in [0.5, 0.6) is 0 Å². The second kappa shape index (κ2) is 7.81. The third-order valence-electron chi connectivity index (χ3n) is 10.9. The highest BCUT2D eigenvalue weighted by Crippen LogP contribution is 2.72. The van der Waals surface area contributed by atoms with E-state index in [2.05, 4.69) is 37.0 Å². The molecule has 8 heteroatoms. The van der Waals surface area contributed by atoms with Gasteiger partial charge in [-0.15, -0.1) is 0 Å². The van der Waals surface area contributed by atoms with Crippen LogP contribution in [0.1, 0.15) is 65.1 Å². The Labute approximate surface area is 228 Å². The van der Waals surface area contributed by atoms with E-state index in [9.17, 15) is 14.7 Å². The summed E-state index contributed by atoms with van der Waals surface area (Å²) in [7, 11) is 0. The van der Waals surface area contributed by atoms with Crippen LogP contribution in [0, 0.1) is 11.3 Å². The van der Waals surface area contributed by atoms with Crippen LogP contribution in [0.2, 0.25) is 0 Å². The molecule has 2 saturated carbocycles. The molecule has 7 rings (SSSR count). The van der Waals surface area contributed by atoms with Gasteiger partial charge < -0.3 is 29.0 Å². The summed E-state index contributed by atoms with van der Waals surface area (Å²) >= 11 is 0.